The summed E-state index contributed by atoms with van der Waals surface area (Å²) in [6.45, 7) is 8.99. The number of carboxylic acids is 1. The highest BCUT2D eigenvalue weighted by Gasteiger charge is 2.25. The van der Waals surface area contributed by atoms with Gasteiger partial charge in [0.05, 0.1) is 30.9 Å². The highest BCUT2D eigenvalue weighted by molar-refractivity contribution is 7.12. The number of hydrogen-bond acceptors (Lipinski definition) is 9. The van der Waals surface area contributed by atoms with Crippen LogP contribution >= 0.6 is 22.9 Å². The third kappa shape index (κ3) is 7.09. The van der Waals surface area contributed by atoms with Crippen molar-refractivity contribution < 1.29 is 19.1 Å². The van der Waals surface area contributed by atoms with Crippen molar-refractivity contribution in [2.24, 2.45) is 0 Å². The number of nitrogens with zero attached hydrogens (tertiary/aromatic N) is 6. The molecule has 41 heavy (non-hydrogen) atoms. The number of anilines is 1. The molecule has 218 valence electrons. The minimum Gasteiger partial charge on any atom is -0.481 e. The summed E-state index contributed by atoms with van der Waals surface area (Å²) in [4.78, 5) is 45.3. The maximum Gasteiger partial charge on any atom is 0.304 e. The molecule has 2 aromatic heterocycles. The molecular formula is C29H34ClFN6O3S. The smallest absolute Gasteiger partial charge is 0.304 e. The molecule has 1 N–H and O–H groups in total. The Balaban J connectivity index is 1.28. The topological polar surface area (TPSA) is 103 Å². The summed E-state index contributed by atoms with van der Waals surface area (Å²) in [7, 11) is 0. The largest absolute Gasteiger partial charge is 0.481 e. The van der Waals surface area contributed by atoms with Gasteiger partial charge in [-0.25, -0.2) is 19.3 Å². The first-order valence-electron chi connectivity index (χ1n) is 13.9. The van der Waals surface area contributed by atoms with Crippen LogP contribution in [0.15, 0.2) is 24.5 Å². The normalized spacial score (nSPS) is 18.2. The monoisotopic (exact) mass is 600 g/mol. The van der Waals surface area contributed by atoms with Crippen LogP contribution in [0.25, 0.3) is 11.3 Å². The number of benzene rings is 1. The lowest BCUT2D eigenvalue weighted by Gasteiger charge is -2.34. The van der Waals surface area contributed by atoms with E-state index < -0.39 is 5.97 Å². The minimum atomic E-state index is -0.793. The van der Waals surface area contributed by atoms with Gasteiger partial charge in [0.15, 0.2) is 5.78 Å². The molecular weight excluding hydrogens is 567 g/mol. The van der Waals surface area contributed by atoms with Crippen molar-refractivity contribution in [1.82, 2.24) is 24.8 Å². The summed E-state index contributed by atoms with van der Waals surface area (Å²) < 4.78 is 14.6. The first-order chi connectivity index (χ1) is 19.7. The van der Waals surface area contributed by atoms with Crippen molar-refractivity contribution in [3.63, 3.8) is 0 Å². The fraction of sp³-hybridized carbons (Fsp3) is 0.483. The van der Waals surface area contributed by atoms with Crippen molar-refractivity contribution in [1.29, 1.82) is 0 Å². The molecule has 4 heterocycles. The quantitative estimate of drug-likeness (QED) is 0.332. The molecule has 2 saturated heterocycles. The van der Waals surface area contributed by atoms with E-state index >= 15 is 0 Å². The summed E-state index contributed by atoms with van der Waals surface area (Å²) >= 11 is 7.79. The summed E-state index contributed by atoms with van der Waals surface area (Å²) in [5.41, 5.74) is 1.95. The summed E-state index contributed by atoms with van der Waals surface area (Å²) in [5, 5.41) is 9.89. The zero-order valence-electron chi connectivity index (χ0n) is 23.3. The predicted octanol–water partition coefficient (Wildman–Crippen LogP) is 4.71. The number of hydrogen-bond donors (Lipinski definition) is 1. The number of rotatable bonds is 10. The minimum absolute atomic E-state index is 0.0750. The number of carbonyl (C=O) groups is 2. The molecule has 2 fully saturated rings. The van der Waals surface area contributed by atoms with Crippen LogP contribution in [0.1, 0.15) is 52.1 Å². The number of piperazine rings is 1. The predicted molar refractivity (Wildman–Crippen MR) is 157 cm³/mol. The van der Waals surface area contributed by atoms with Crippen molar-refractivity contribution in [3.05, 3.63) is 56.5 Å². The second-order valence-electron chi connectivity index (χ2n) is 10.7. The first-order valence-corrected chi connectivity index (χ1v) is 15.1. The molecule has 9 nitrogen and oxygen atoms in total. The number of aliphatic carboxylic acids is 1. The fourth-order valence-electron chi connectivity index (χ4n) is 5.31. The van der Waals surface area contributed by atoms with Crippen LogP contribution in [0, 0.1) is 12.7 Å². The Morgan fingerprint density at radius 3 is 2.56 bits per heavy atom. The van der Waals surface area contributed by atoms with E-state index in [1.165, 1.54) is 23.6 Å². The summed E-state index contributed by atoms with van der Waals surface area (Å²) in [6.07, 6.45) is 5.60. The van der Waals surface area contributed by atoms with Crippen LogP contribution < -0.4 is 4.90 Å². The van der Waals surface area contributed by atoms with Gasteiger partial charge in [-0.2, -0.15) is 0 Å². The molecule has 1 atom stereocenters. The molecule has 5 rings (SSSR count). The number of thiazole rings is 1. The van der Waals surface area contributed by atoms with Gasteiger partial charge in [0.25, 0.3) is 0 Å². The molecule has 0 radical (unpaired) electrons. The Bertz CT molecular complexity index is 1390. The van der Waals surface area contributed by atoms with Crippen LogP contribution in [0.3, 0.4) is 0 Å². The van der Waals surface area contributed by atoms with Crippen LogP contribution in [0.4, 0.5) is 10.2 Å². The number of ketones is 1. The van der Waals surface area contributed by atoms with Gasteiger partial charge in [-0.1, -0.05) is 11.6 Å². The Hall–Kier alpha value is -2.99. The molecule has 0 unspecified atom stereocenters. The Kier molecular flexibility index (Phi) is 9.28. The van der Waals surface area contributed by atoms with Crippen LogP contribution in [-0.4, -0.2) is 86.9 Å². The molecule has 0 spiro atoms. The van der Waals surface area contributed by atoms with E-state index in [1.807, 2.05) is 0 Å². The molecule has 0 bridgehead atoms. The van der Waals surface area contributed by atoms with E-state index in [0.717, 1.165) is 37.4 Å². The average molecular weight is 601 g/mol. The highest BCUT2D eigenvalue weighted by atomic mass is 35.5. The second-order valence-corrected chi connectivity index (χ2v) is 12.3. The van der Waals surface area contributed by atoms with E-state index in [0.29, 0.717) is 64.9 Å². The molecule has 12 heteroatoms. The Labute approximate surface area is 248 Å². The molecule has 0 amide bonds. The Morgan fingerprint density at radius 2 is 1.93 bits per heavy atom. The van der Waals surface area contributed by atoms with Crippen LogP contribution in [0.5, 0.6) is 0 Å². The zero-order chi connectivity index (χ0) is 29.1. The maximum atomic E-state index is 14.6. The van der Waals surface area contributed by atoms with Crippen LogP contribution in [0.2, 0.25) is 5.02 Å². The molecule has 2 aliphatic rings. The van der Waals surface area contributed by atoms with Gasteiger partial charge in [-0.05, 0) is 45.4 Å². The van der Waals surface area contributed by atoms with Crippen molar-refractivity contribution in [2.45, 2.75) is 52.1 Å². The number of aromatic nitrogens is 3. The van der Waals surface area contributed by atoms with Crippen molar-refractivity contribution in [3.8, 4) is 11.3 Å². The van der Waals surface area contributed by atoms with Gasteiger partial charge < -0.3 is 10.0 Å². The highest BCUT2D eigenvalue weighted by Crippen LogP contribution is 2.35. The SMILES string of the molecule is Cc1c(F)cc(-c2nc(CC(=O)c3cnc(N4CCN(CCC(=O)O)CC4)cn3)sc2CN2CCC[C@H]2C)cc1Cl. The first kappa shape index (κ1) is 29.5. The van der Waals surface area contributed by atoms with Crippen LogP contribution in [-0.2, 0) is 17.8 Å². The van der Waals surface area contributed by atoms with Gasteiger partial charge in [0, 0.05) is 66.3 Å². The lowest BCUT2D eigenvalue weighted by molar-refractivity contribution is -0.137. The lowest BCUT2D eigenvalue weighted by Crippen LogP contribution is -2.47. The Morgan fingerprint density at radius 1 is 1.15 bits per heavy atom. The van der Waals surface area contributed by atoms with Gasteiger partial charge >= 0.3 is 5.97 Å². The number of likely N-dealkylation sites (tertiary alicyclic amines) is 1. The molecule has 0 aliphatic carbocycles. The zero-order valence-corrected chi connectivity index (χ0v) is 24.8. The van der Waals surface area contributed by atoms with E-state index in [4.69, 9.17) is 21.7 Å². The summed E-state index contributed by atoms with van der Waals surface area (Å²) in [5.74, 6) is -0.664. The van der Waals surface area contributed by atoms with Crippen molar-refractivity contribution >= 4 is 40.5 Å². The van der Waals surface area contributed by atoms with Gasteiger partial charge in [-0.15, -0.1) is 11.3 Å². The van der Waals surface area contributed by atoms with Crippen molar-refractivity contribution in [2.75, 3.05) is 44.2 Å². The van der Waals surface area contributed by atoms with Gasteiger partial charge in [0.1, 0.15) is 22.3 Å². The molecule has 1 aromatic carbocycles. The molecule has 3 aromatic rings. The van der Waals surface area contributed by atoms with Gasteiger partial charge in [-0.3, -0.25) is 19.4 Å². The standard InChI is InChI=1S/C29H34ClFN6O3S/c1-18-4-3-6-37(18)17-25-29(20-12-21(30)19(2)22(31)13-20)34-27(41-25)14-24(38)23-15-33-26(16-32-23)36-10-8-35(9-11-36)7-5-28(39)40/h12-13,15-16,18H,3-11,14,17H2,1-2H3,(H,39,40)/t18-/m1/s1. The third-order valence-corrected chi connectivity index (χ3v) is 9.34. The number of halogens is 2. The lowest BCUT2D eigenvalue weighted by atomic mass is 10.1. The van der Waals surface area contributed by atoms with E-state index in [9.17, 15) is 14.0 Å². The third-order valence-electron chi connectivity index (χ3n) is 7.91. The molecule has 2 aliphatic heterocycles. The van der Waals surface area contributed by atoms with E-state index in [2.05, 4.69) is 31.6 Å². The second kappa shape index (κ2) is 12.9. The fourth-order valence-corrected chi connectivity index (χ4v) is 6.64. The van der Waals surface area contributed by atoms with Gasteiger partial charge in [0.2, 0.25) is 0 Å². The number of carbonyl (C=O) groups excluding carboxylic acids is 1. The molecule has 0 saturated carbocycles. The number of carboxylic acid groups (broad SMARTS) is 1. The van der Waals surface area contributed by atoms with E-state index in [-0.39, 0.29) is 30.1 Å². The average Bonchev–Trinajstić information content (AvgIpc) is 3.56. The number of Topliss-reactive ketones (excluding diaryl/α,β-unsaturated/α-hetero) is 1. The van der Waals surface area contributed by atoms with E-state index in [1.54, 1.807) is 19.2 Å². The summed E-state index contributed by atoms with van der Waals surface area (Å²) in [6, 6.07) is 3.66. The maximum absolute atomic E-state index is 14.6.